The fourth-order valence-corrected chi connectivity index (χ4v) is 8.90. The summed E-state index contributed by atoms with van der Waals surface area (Å²) in [4.78, 5) is 15.9. The topological polar surface area (TPSA) is 48.5 Å². The Morgan fingerprint density at radius 1 is 0.293 bits per heavy atom. The second-order valence-electron chi connectivity index (χ2n) is 14.8. The van der Waals surface area contributed by atoms with E-state index in [2.05, 4.69) is 209 Å². The average Bonchev–Trinajstić information content (AvgIpc) is 3.82. The maximum Gasteiger partial charge on any atom is 0.238 e. The zero-order valence-corrected chi connectivity index (χ0v) is 31.3. The van der Waals surface area contributed by atoms with Gasteiger partial charge in [-0.1, -0.05) is 158 Å². The number of nitrogens with zero attached hydrogens (tertiary/aromatic N) is 5. The van der Waals surface area contributed by atoms with Gasteiger partial charge in [0.25, 0.3) is 0 Å². The van der Waals surface area contributed by atoms with Crippen LogP contribution in [0.15, 0.2) is 200 Å². The lowest BCUT2D eigenvalue weighted by Gasteiger charge is -2.15. The Morgan fingerprint density at radius 3 is 1.41 bits per heavy atom. The third-order valence-electron chi connectivity index (χ3n) is 11.6. The highest BCUT2D eigenvalue weighted by atomic mass is 15.2. The molecule has 0 aliphatic rings. The summed E-state index contributed by atoms with van der Waals surface area (Å²) in [6.07, 6.45) is 0. The molecule has 12 aromatic rings. The lowest BCUT2D eigenvalue weighted by Crippen LogP contribution is -2.07. The number of hydrogen-bond donors (Lipinski definition) is 0. The van der Waals surface area contributed by atoms with Gasteiger partial charge >= 0.3 is 0 Å². The van der Waals surface area contributed by atoms with Gasteiger partial charge in [0.2, 0.25) is 5.95 Å². The summed E-state index contributed by atoms with van der Waals surface area (Å²) in [5.74, 6) is 1.78. The number of fused-ring (bicyclic) bond motifs is 9. The van der Waals surface area contributed by atoms with Crippen LogP contribution in [0.25, 0.3) is 111 Å². The first-order valence-corrected chi connectivity index (χ1v) is 19.6. The quantitative estimate of drug-likeness (QED) is 0.165. The summed E-state index contributed by atoms with van der Waals surface area (Å²) in [5.41, 5.74) is 9.48. The van der Waals surface area contributed by atoms with Gasteiger partial charge in [0.1, 0.15) is 0 Å². The van der Waals surface area contributed by atoms with Gasteiger partial charge in [-0.3, -0.25) is 4.57 Å². The molecule has 3 aromatic heterocycles. The summed E-state index contributed by atoms with van der Waals surface area (Å²) in [7, 11) is 0. The lowest BCUT2D eigenvalue weighted by molar-refractivity contribution is 0.951. The Balaban J connectivity index is 1.06. The zero-order valence-electron chi connectivity index (χ0n) is 31.3. The molecule has 0 aliphatic carbocycles. The molecular weight excluding hydrogens is 707 g/mol. The van der Waals surface area contributed by atoms with Gasteiger partial charge in [0, 0.05) is 32.7 Å². The molecule has 0 amide bonds. The van der Waals surface area contributed by atoms with E-state index in [4.69, 9.17) is 15.0 Å². The number of aromatic nitrogens is 5. The zero-order chi connectivity index (χ0) is 38.2. The monoisotopic (exact) mass is 739 g/mol. The number of rotatable bonds is 5. The Morgan fingerprint density at radius 2 is 0.759 bits per heavy atom. The minimum Gasteiger partial charge on any atom is -0.309 e. The molecule has 0 radical (unpaired) electrons. The molecule has 9 aromatic carbocycles. The number of benzene rings is 9. The van der Waals surface area contributed by atoms with E-state index in [1.165, 1.54) is 32.3 Å². The molecule has 0 bridgehead atoms. The van der Waals surface area contributed by atoms with Crippen molar-refractivity contribution in [2.24, 2.45) is 0 Å². The normalized spacial score (nSPS) is 11.8. The van der Waals surface area contributed by atoms with E-state index in [0.717, 1.165) is 60.8 Å². The maximum atomic E-state index is 5.35. The van der Waals surface area contributed by atoms with Crippen molar-refractivity contribution in [1.29, 1.82) is 0 Å². The van der Waals surface area contributed by atoms with E-state index in [1.54, 1.807) is 0 Å². The second-order valence-corrected chi connectivity index (χ2v) is 14.8. The Hall–Kier alpha value is -7.89. The second kappa shape index (κ2) is 12.8. The van der Waals surface area contributed by atoms with Crippen molar-refractivity contribution in [3.8, 4) is 45.5 Å². The molecule has 0 saturated carbocycles. The van der Waals surface area contributed by atoms with Crippen LogP contribution in [0.5, 0.6) is 0 Å². The fourth-order valence-electron chi connectivity index (χ4n) is 8.90. The molecule has 270 valence electrons. The predicted molar refractivity (Wildman–Crippen MR) is 240 cm³/mol. The minimum absolute atomic E-state index is 0.570. The first-order valence-electron chi connectivity index (χ1n) is 19.6. The molecule has 0 N–H and O–H groups in total. The summed E-state index contributed by atoms with van der Waals surface area (Å²) in [5, 5.41) is 9.72. The van der Waals surface area contributed by atoms with Gasteiger partial charge in [0.05, 0.1) is 27.8 Å². The van der Waals surface area contributed by atoms with Crippen molar-refractivity contribution >= 4 is 65.2 Å². The Bertz CT molecular complexity index is 3470. The van der Waals surface area contributed by atoms with Crippen molar-refractivity contribution in [3.63, 3.8) is 0 Å². The molecule has 0 saturated heterocycles. The molecular formula is C53H33N5. The fraction of sp³-hybridized carbons (Fsp3) is 0. The van der Waals surface area contributed by atoms with Crippen molar-refractivity contribution in [2.75, 3.05) is 0 Å². The van der Waals surface area contributed by atoms with Crippen LogP contribution in [-0.4, -0.2) is 24.1 Å². The van der Waals surface area contributed by atoms with Crippen LogP contribution in [-0.2, 0) is 0 Å². The number of hydrogen-bond acceptors (Lipinski definition) is 3. The van der Waals surface area contributed by atoms with Crippen molar-refractivity contribution < 1.29 is 0 Å². The van der Waals surface area contributed by atoms with E-state index < -0.39 is 0 Å². The van der Waals surface area contributed by atoms with Gasteiger partial charge in [-0.15, -0.1) is 0 Å². The smallest absolute Gasteiger partial charge is 0.238 e. The molecule has 0 fully saturated rings. The van der Waals surface area contributed by atoms with E-state index in [9.17, 15) is 0 Å². The largest absolute Gasteiger partial charge is 0.309 e. The molecule has 0 atom stereocenters. The Kier molecular flexibility index (Phi) is 7.16. The van der Waals surface area contributed by atoms with Gasteiger partial charge < -0.3 is 4.57 Å². The van der Waals surface area contributed by atoms with Crippen molar-refractivity contribution in [1.82, 2.24) is 24.1 Å². The first kappa shape index (κ1) is 32.4. The molecule has 5 heteroatoms. The standard InChI is InChI=1S/C53H33N5/c1-2-14-39-35(13-1)27-30-38-33-37(31-32-40(38)39)34-25-28-36(29-26-34)51-54-52(56-53(55-51)58-48-22-10-5-17-43(48)44-18-6-11-23-49(44)58)45-19-7-12-24-50(45)57-46-20-8-3-15-41(46)42-16-4-9-21-47(42)57/h1-33H. The predicted octanol–water partition coefficient (Wildman–Crippen LogP) is 13.4. The van der Waals surface area contributed by atoms with E-state index in [0.29, 0.717) is 17.6 Å². The molecule has 3 heterocycles. The van der Waals surface area contributed by atoms with Crippen LogP contribution < -0.4 is 0 Å². The molecule has 0 aliphatic heterocycles. The molecule has 12 rings (SSSR count). The summed E-state index contributed by atoms with van der Waals surface area (Å²) in [6, 6.07) is 70.9. The van der Waals surface area contributed by atoms with Crippen LogP contribution in [0.3, 0.4) is 0 Å². The molecule has 5 nitrogen and oxygen atoms in total. The van der Waals surface area contributed by atoms with Gasteiger partial charge in [-0.25, -0.2) is 4.98 Å². The average molecular weight is 740 g/mol. The molecule has 0 spiro atoms. The van der Waals surface area contributed by atoms with Crippen LogP contribution >= 0.6 is 0 Å². The van der Waals surface area contributed by atoms with Gasteiger partial charge in [-0.05, 0) is 75.1 Å². The van der Waals surface area contributed by atoms with E-state index >= 15 is 0 Å². The van der Waals surface area contributed by atoms with Crippen LogP contribution in [0.2, 0.25) is 0 Å². The van der Waals surface area contributed by atoms with E-state index in [1.807, 2.05) is 0 Å². The summed E-state index contributed by atoms with van der Waals surface area (Å²) >= 11 is 0. The lowest BCUT2D eigenvalue weighted by atomic mass is 9.97. The summed E-state index contributed by atoms with van der Waals surface area (Å²) < 4.78 is 4.51. The van der Waals surface area contributed by atoms with Gasteiger partial charge in [0.15, 0.2) is 11.6 Å². The third-order valence-corrected chi connectivity index (χ3v) is 11.6. The highest BCUT2D eigenvalue weighted by molar-refractivity contribution is 6.11. The maximum absolute atomic E-state index is 5.35. The minimum atomic E-state index is 0.570. The SMILES string of the molecule is c1ccc(-n2c3ccccc3c3ccccc32)c(-c2nc(-c3ccc(-c4ccc5c(ccc6ccccc65)c4)cc3)nc(-n3c4ccccc4c4ccccc43)n2)c1. The van der Waals surface area contributed by atoms with Gasteiger partial charge in [-0.2, -0.15) is 9.97 Å². The van der Waals surface area contributed by atoms with Crippen LogP contribution in [0, 0.1) is 0 Å². The first-order chi connectivity index (χ1) is 28.8. The van der Waals surface area contributed by atoms with E-state index in [-0.39, 0.29) is 0 Å². The van der Waals surface area contributed by atoms with Crippen molar-refractivity contribution in [2.45, 2.75) is 0 Å². The highest BCUT2D eigenvalue weighted by Crippen LogP contribution is 2.38. The van der Waals surface area contributed by atoms with Crippen LogP contribution in [0.4, 0.5) is 0 Å². The number of para-hydroxylation sites is 5. The summed E-state index contributed by atoms with van der Waals surface area (Å²) in [6.45, 7) is 0. The third kappa shape index (κ3) is 5.00. The molecule has 58 heavy (non-hydrogen) atoms. The van der Waals surface area contributed by atoms with Crippen LogP contribution in [0.1, 0.15) is 0 Å². The molecule has 0 unspecified atom stereocenters. The Labute approximate surface area is 333 Å². The van der Waals surface area contributed by atoms with Crippen molar-refractivity contribution in [3.05, 3.63) is 200 Å². The highest BCUT2D eigenvalue weighted by Gasteiger charge is 2.21.